The molecular weight excluding hydrogens is 290 g/mol. The lowest BCUT2D eigenvalue weighted by Crippen LogP contribution is -2.25. The lowest BCUT2D eigenvalue weighted by Gasteiger charge is -2.32. The molecule has 1 aliphatic heterocycles. The molecule has 0 aliphatic carbocycles. The van der Waals surface area contributed by atoms with Crippen molar-refractivity contribution < 1.29 is 9.90 Å². The Bertz CT molecular complexity index is 728. The minimum Gasteiger partial charge on any atom is -0.465 e. The molecule has 118 valence electrons. The molecule has 0 fully saturated rings. The maximum absolute atomic E-state index is 10.6. The van der Waals surface area contributed by atoms with E-state index in [-0.39, 0.29) is 12.6 Å². The Balaban J connectivity index is 1.79. The second-order valence-electron chi connectivity index (χ2n) is 5.61. The number of hydrogen-bond donors (Lipinski definition) is 2. The van der Waals surface area contributed by atoms with Crippen molar-refractivity contribution in [1.29, 1.82) is 0 Å². The van der Waals surface area contributed by atoms with Crippen LogP contribution in [0.5, 0.6) is 0 Å². The van der Waals surface area contributed by atoms with Crippen LogP contribution < -0.4 is 5.32 Å². The molecule has 0 spiro atoms. The van der Waals surface area contributed by atoms with Gasteiger partial charge in [-0.05, 0) is 35.8 Å². The minimum atomic E-state index is -1.04. The van der Waals surface area contributed by atoms with E-state index in [2.05, 4.69) is 46.5 Å². The van der Waals surface area contributed by atoms with Gasteiger partial charge in [-0.1, -0.05) is 30.3 Å². The number of nitrogens with zero attached hydrogens (tertiary/aromatic N) is 2. The molecule has 1 atom stereocenters. The zero-order chi connectivity index (χ0) is 16.2. The van der Waals surface area contributed by atoms with E-state index in [0.29, 0.717) is 0 Å². The second kappa shape index (κ2) is 6.52. The Morgan fingerprint density at radius 3 is 2.87 bits per heavy atom. The Hall–Kier alpha value is -2.82. The van der Waals surface area contributed by atoms with Crippen LogP contribution in [0.2, 0.25) is 0 Å². The minimum absolute atomic E-state index is 0.210. The maximum Gasteiger partial charge on any atom is 0.404 e. The topological polar surface area (TPSA) is 65.5 Å². The number of benzene rings is 1. The summed E-state index contributed by atoms with van der Waals surface area (Å²) in [4.78, 5) is 17.2. The number of rotatable bonds is 4. The van der Waals surface area contributed by atoms with Crippen molar-refractivity contribution in [1.82, 2.24) is 15.2 Å². The van der Waals surface area contributed by atoms with Crippen molar-refractivity contribution in [2.75, 3.05) is 0 Å². The third-order valence-electron chi connectivity index (χ3n) is 4.05. The normalized spacial score (nSPS) is 16.0. The number of pyridine rings is 1. The SMILES string of the molecule is CC1c2cc(CNC(=O)O)ncc2C=CN1Cc1ccccc1. The van der Waals surface area contributed by atoms with Crippen molar-refractivity contribution in [3.05, 3.63) is 71.2 Å². The molecule has 23 heavy (non-hydrogen) atoms. The summed E-state index contributed by atoms with van der Waals surface area (Å²) in [6.07, 6.45) is 4.92. The Morgan fingerprint density at radius 1 is 1.35 bits per heavy atom. The summed E-state index contributed by atoms with van der Waals surface area (Å²) >= 11 is 0. The summed E-state index contributed by atoms with van der Waals surface area (Å²) in [6.45, 7) is 3.21. The molecule has 0 saturated heterocycles. The van der Waals surface area contributed by atoms with Crippen molar-refractivity contribution in [2.24, 2.45) is 0 Å². The fraction of sp³-hybridized carbons (Fsp3) is 0.222. The molecule has 5 nitrogen and oxygen atoms in total. The van der Waals surface area contributed by atoms with Gasteiger partial charge in [0.05, 0.1) is 18.3 Å². The van der Waals surface area contributed by atoms with Gasteiger partial charge in [0.2, 0.25) is 0 Å². The zero-order valence-corrected chi connectivity index (χ0v) is 12.9. The first-order chi connectivity index (χ1) is 11.1. The summed E-state index contributed by atoms with van der Waals surface area (Å²) in [5, 5.41) is 11.1. The third-order valence-corrected chi connectivity index (χ3v) is 4.05. The highest BCUT2D eigenvalue weighted by molar-refractivity contribution is 5.64. The van der Waals surface area contributed by atoms with E-state index in [1.54, 1.807) is 6.20 Å². The monoisotopic (exact) mass is 309 g/mol. The number of carbonyl (C=O) groups is 1. The fourth-order valence-corrected chi connectivity index (χ4v) is 2.76. The van der Waals surface area contributed by atoms with Crippen molar-refractivity contribution in [3.63, 3.8) is 0 Å². The molecule has 1 amide bonds. The predicted molar refractivity (Wildman–Crippen MR) is 88.5 cm³/mol. The number of aromatic nitrogens is 1. The van der Waals surface area contributed by atoms with E-state index >= 15 is 0 Å². The van der Waals surface area contributed by atoms with Crippen LogP contribution in [-0.2, 0) is 13.1 Å². The van der Waals surface area contributed by atoms with Crippen LogP contribution in [0.4, 0.5) is 4.79 Å². The van der Waals surface area contributed by atoms with Gasteiger partial charge < -0.3 is 15.3 Å². The van der Waals surface area contributed by atoms with Gasteiger partial charge in [0.25, 0.3) is 0 Å². The van der Waals surface area contributed by atoms with Crippen LogP contribution >= 0.6 is 0 Å². The van der Waals surface area contributed by atoms with Crippen LogP contribution in [-0.4, -0.2) is 21.1 Å². The Labute approximate surface area is 135 Å². The summed E-state index contributed by atoms with van der Waals surface area (Å²) in [5.74, 6) is 0. The van der Waals surface area contributed by atoms with E-state index in [1.807, 2.05) is 24.3 Å². The zero-order valence-electron chi connectivity index (χ0n) is 12.9. The number of carboxylic acid groups (broad SMARTS) is 1. The molecule has 3 rings (SSSR count). The molecular formula is C18H19N3O2. The van der Waals surface area contributed by atoms with Gasteiger partial charge in [-0.3, -0.25) is 4.98 Å². The van der Waals surface area contributed by atoms with Gasteiger partial charge >= 0.3 is 6.09 Å². The average Bonchev–Trinajstić information content (AvgIpc) is 2.57. The lowest BCUT2D eigenvalue weighted by atomic mass is 9.97. The summed E-state index contributed by atoms with van der Waals surface area (Å²) < 4.78 is 0. The van der Waals surface area contributed by atoms with Crippen LogP contribution in [0.1, 0.15) is 35.3 Å². The summed E-state index contributed by atoms with van der Waals surface area (Å²) in [6, 6.07) is 12.5. The van der Waals surface area contributed by atoms with Crippen LogP contribution in [0.25, 0.3) is 6.08 Å². The summed E-state index contributed by atoms with van der Waals surface area (Å²) in [7, 11) is 0. The predicted octanol–water partition coefficient (Wildman–Crippen LogP) is 3.40. The second-order valence-corrected chi connectivity index (χ2v) is 5.61. The van der Waals surface area contributed by atoms with Crippen molar-refractivity contribution in [2.45, 2.75) is 26.1 Å². The number of hydrogen-bond acceptors (Lipinski definition) is 3. The van der Waals surface area contributed by atoms with Crippen LogP contribution in [0.15, 0.2) is 48.8 Å². The molecule has 1 aliphatic rings. The van der Waals surface area contributed by atoms with Gasteiger partial charge in [-0.15, -0.1) is 0 Å². The summed E-state index contributed by atoms with van der Waals surface area (Å²) in [5.41, 5.74) is 4.24. The van der Waals surface area contributed by atoms with Gasteiger partial charge in [0, 0.05) is 18.9 Å². The largest absolute Gasteiger partial charge is 0.465 e. The van der Waals surface area contributed by atoms with Gasteiger partial charge in [-0.2, -0.15) is 0 Å². The Kier molecular flexibility index (Phi) is 4.28. The standard InChI is InChI=1S/C18H19N3O2/c1-13-17-9-16(11-20-18(22)23)19-10-15(17)7-8-21(13)12-14-5-3-2-4-6-14/h2-10,13,20H,11-12H2,1H3,(H,22,23). The number of fused-ring (bicyclic) bond motifs is 1. The highest BCUT2D eigenvalue weighted by Gasteiger charge is 2.20. The highest BCUT2D eigenvalue weighted by Crippen LogP contribution is 2.31. The first-order valence-corrected chi connectivity index (χ1v) is 7.57. The molecule has 1 aromatic heterocycles. The Morgan fingerprint density at radius 2 is 2.13 bits per heavy atom. The quantitative estimate of drug-likeness (QED) is 0.908. The molecule has 1 unspecified atom stereocenters. The van der Waals surface area contributed by atoms with Crippen molar-refractivity contribution >= 4 is 12.2 Å². The van der Waals surface area contributed by atoms with Crippen molar-refractivity contribution in [3.8, 4) is 0 Å². The molecule has 2 aromatic rings. The van der Waals surface area contributed by atoms with E-state index < -0.39 is 6.09 Å². The fourth-order valence-electron chi connectivity index (χ4n) is 2.76. The van der Waals surface area contributed by atoms with Gasteiger partial charge in [0.1, 0.15) is 0 Å². The number of nitrogens with one attached hydrogen (secondary N) is 1. The van der Waals surface area contributed by atoms with E-state index in [0.717, 1.165) is 17.8 Å². The third kappa shape index (κ3) is 3.51. The van der Waals surface area contributed by atoms with Crippen LogP contribution in [0.3, 0.4) is 0 Å². The molecule has 1 aromatic carbocycles. The smallest absolute Gasteiger partial charge is 0.404 e. The maximum atomic E-state index is 10.6. The molecule has 0 bridgehead atoms. The van der Waals surface area contributed by atoms with E-state index in [9.17, 15) is 4.79 Å². The molecule has 0 saturated carbocycles. The number of amides is 1. The van der Waals surface area contributed by atoms with E-state index in [4.69, 9.17) is 5.11 Å². The molecule has 2 N–H and O–H groups in total. The first kappa shape index (κ1) is 15.1. The lowest BCUT2D eigenvalue weighted by molar-refractivity contribution is 0.194. The first-order valence-electron chi connectivity index (χ1n) is 7.57. The highest BCUT2D eigenvalue weighted by atomic mass is 16.4. The van der Waals surface area contributed by atoms with Gasteiger partial charge in [0.15, 0.2) is 0 Å². The van der Waals surface area contributed by atoms with Gasteiger partial charge in [-0.25, -0.2) is 4.79 Å². The average molecular weight is 309 g/mol. The molecule has 0 radical (unpaired) electrons. The van der Waals surface area contributed by atoms with Crippen LogP contribution in [0, 0.1) is 0 Å². The molecule has 2 heterocycles. The van der Waals surface area contributed by atoms with E-state index in [1.165, 1.54) is 11.1 Å². The molecule has 5 heteroatoms.